The van der Waals surface area contributed by atoms with Gasteiger partial charge in [-0.15, -0.1) is 0 Å². The van der Waals surface area contributed by atoms with Gasteiger partial charge in [-0.1, -0.05) is 54.1 Å². The number of amides is 2. The number of aromatic nitrogens is 2. The fourth-order valence-electron chi connectivity index (χ4n) is 4.58. The molecule has 0 saturated heterocycles. The Morgan fingerprint density at radius 2 is 1.76 bits per heavy atom. The summed E-state index contributed by atoms with van der Waals surface area (Å²) in [5, 5.41) is 15.3. The number of carbonyl (C=O) groups is 2. The largest absolute Gasteiger partial charge is 0.489 e. The van der Waals surface area contributed by atoms with Gasteiger partial charge in [-0.2, -0.15) is 10.4 Å². The third-order valence-electron chi connectivity index (χ3n) is 6.83. The van der Waals surface area contributed by atoms with Crippen LogP contribution in [0.1, 0.15) is 18.1 Å². The number of halogens is 1. The van der Waals surface area contributed by atoms with Gasteiger partial charge in [0, 0.05) is 35.0 Å². The van der Waals surface area contributed by atoms with Gasteiger partial charge < -0.3 is 9.47 Å². The van der Waals surface area contributed by atoms with Crippen molar-refractivity contribution in [1.29, 1.82) is 5.26 Å². The average Bonchev–Trinajstić information content (AvgIpc) is 3.44. The van der Waals surface area contributed by atoms with Crippen molar-refractivity contribution in [3.8, 4) is 28.8 Å². The normalized spacial score (nSPS) is 14.4. The van der Waals surface area contributed by atoms with E-state index in [2.05, 4.69) is 0 Å². The minimum atomic E-state index is -0.625. The molecule has 0 radical (unpaired) electrons. The van der Waals surface area contributed by atoms with Crippen LogP contribution in [0.15, 0.2) is 102 Å². The van der Waals surface area contributed by atoms with Gasteiger partial charge >= 0.3 is 0 Å². The van der Waals surface area contributed by atoms with Crippen molar-refractivity contribution < 1.29 is 19.1 Å². The molecule has 1 aliphatic heterocycles. The van der Waals surface area contributed by atoms with Crippen LogP contribution in [0.3, 0.4) is 0 Å². The maximum absolute atomic E-state index is 13.5. The zero-order chi connectivity index (χ0) is 29.6. The molecular formula is C33H27ClN4O4. The van der Waals surface area contributed by atoms with Crippen molar-refractivity contribution in [2.45, 2.75) is 13.5 Å². The summed E-state index contributed by atoms with van der Waals surface area (Å²) in [6, 6.07) is 26.6. The smallest absolute Gasteiger partial charge is 0.271 e. The van der Waals surface area contributed by atoms with Crippen LogP contribution >= 0.6 is 11.6 Å². The highest BCUT2D eigenvalue weighted by molar-refractivity contribution is 6.30. The van der Waals surface area contributed by atoms with Crippen LogP contribution in [0.5, 0.6) is 5.75 Å². The lowest BCUT2D eigenvalue weighted by atomic mass is 9.93. The zero-order valence-corrected chi connectivity index (χ0v) is 23.8. The van der Waals surface area contributed by atoms with Gasteiger partial charge in [0.1, 0.15) is 29.7 Å². The van der Waals surface area contributed by atoms with Crippen LogP contribution in [-0.4, -0.2) is 46.8 Å². The summed E-state index contributed by atoms with van der Waals surface area (Å²) >= 11 is 6.00. The molecule has 0 aliphatic carbocycles. The highest BCUT2D eigenvalue weighted by Crippen LogP contribution is 2.32. The standard InChI is InChI=1S/C33H27ClN4O4/c1-22-29(32(39)37(15-16-41-2)33(40)30(22)19-35)18-25-20-38(27-8-4-3-5-9-27)36-31(25)24-7-6-10-28(17-24)42-21-23-11-13-26(34)14-12-23/h3-14,17-18,20H,15-16,21H2,1-2H3/b29-18+. The second kappa shape index (κ2) is 12.7. The van der Waals surface area contributed by atoms with Crippen molar-refractivity contribution in [3.63, 3.8) is 0 Å². The maximum atomic E-state index is 13.5. The molecule has 2 amide bonds. The van der Waals surface area contributed by atoms with Crippen molar-refractivity contribution in [2.75, 3.05) is 20.3 Å². The second-order valence-electron chi connectivity index (χ2n) is 9.58. The van der Waals surface area contributed by atoms with E-state index in [4.69, 9.17) is 26.2 Å². The SMILES string of the molecule is COCCN1C(=O)C(C#N)=C(C)/C(=C\c2cn(-c3ccccc3)nc2-c2cccc(OCc3ccc(Cl)cc3)c2)C1=O. The van der Waals surface area contributed by atoms with Crippen LogP contribution in [0.25, 0.3) is 23.0 Å². The van der Waals surface area contributed by atoms with Crippen LogP contribution in [0.2, 0.25) is 5.02 Å². The molecule has 0 N–H and O–H groups in total. The Labute approximate surface area is 248 Å². The Balaban J connectivity index is 1.57. The Morgan fingerprint density at radius 3 is 2.48 bits per heavy atom. The third-order valence-corrected chi connectivity index (χ3v) is 7.09. The van der Waals surface area contributed by atoms with E-state index in [0.29, 0.717) is 34.2 Å². The maximum Gasteiger partial charge on any atom is 0.271 e. The van der Waals surface area contributed by atoms with E-state index in [1.54, 1.807) is 17.7 Å². The Morgan fingerprint density at radius 1 is 1.00 bits per heavy atom. The summed E-state index contributed by atoms with van der Waals surface area (Å²) in [5.41, 5.74) is 4.29. The number of hydrogen-bond donors (Lipinski definition) is 0. The minimum Gasteiger partial charge on any atom is -0.489 e. The van der Waals surface area contributed by atoms with Crippen molar-refractivity contribution >= 4 is 29.5 Å². The molecule has 0 atom stereocenters. The molecule has 3 aromatic carbocycles. The van der Waals surface area contributed by atoms with Crippen molar-refractivity contribution in [2.24, 2.45) is 0 Å². The molecule has 2 heterocycles. The van der Waals surface area contributed by atoms with Crippen LogP contribution in [0, 0.1) is 11.3 Å². The number of hydrogen-bond acceptors (Lipinski definition) is 6. The summed E-state index contributed by atoms with van der Waals surface area (Å²) in [6.07, 6.45) is 3.51. The molecular weight excluding hydrogens is 552 g/mol. The van der Waals surface area contributed by atoms with E-state index in [0.717, 1.165) is 21.7 Å². The van der Waals surface area contributed by atoms with Crippen LogP contribution in [-0.2, 0) is 20.9 Å². The summed E-state index contributed by atoms with van der Waals surface area (Å²) in [4.78, 5) is 27.5. The Hall–Kier alpha value is -4.97. The average molecular weight is 579 g/mol. The lowest BCUT2D eigenvalue weighted by Gasteiger charge is -2.27. The van der Waals surface area contributed by atoms with Crippen LogP contribution < -0.4 is 4.74 Å². The van der Waals surface area contributed by atoms with Gasteiger partial charge in [0.25, 0.3) is 11.8 Å². The molecule has 4 aromatic rings. The monoisotopic (exact) mass is 578 g/mol. The molecule has 5 rings (SSSR count). The van der Waals surface area contributed by atoms with Crippen LogP contribution in [0.4, 0.5) is 0 Å². The molecule has 42 heavy (non-hydrogen) atoms. The highest BCUT2D eigenvalue weighted by atomic mass is 35.5. The second-order valence-corrected chi connectivity index (χ2v) is 10.0. The number of rotatable bonds is 9. The van der Waals surface area contributed by atoms with Gasteiger partial charge in [-0.05, 0) is 60.5 Å². The Kier molecular flexibility index (Phi) is 8.63. The van der Waals surface area contributed by atoms with Gasteiger partial charge in [0.15, 0.2) is 0 Å². The predicted molar refractivity (Wildman–Crippen MR) is 160 cm³/mol. The third kappa shape index (κ3) is 6.03. The zero-order valence-electron chi connectivity index (χ0n) is 23.1. The van der Waals surface area contributed by atoms with Gasteiger partial charge in [-0.3, -0.25) is 14.5 Å². The Bertz CT molecular complexity index is 1730. The quantitative estimate of drug-likeness (QED) is 0.178. The molecule has 9 heteroatoms. The molecule has 210 valence electrons. The number of methoxy groups -OCH3 is 1. The lowest BCUT2D eigenvalue weighted by molar-refractivity contribution is -0.141. The van der Waals surface area contributed by atoms with Gasteiger partial charge in [0.05, 0.1) is 18.8 Å². The summed E-state index contributed by atoms with van der Waals surface area (Å²) in [7, 11) is 1.49. The molecule has 0 spiro atoms. The van der Waals surface area contributed by atoms with E-state index in [9.17, 15) is 14.9 Å². The summed E-state index contributed by atoms with van der Waals surface area (Å²) in [6.45, 7) is 2.16. The summed E-state index contributed by atoms with van der Waals surface area (Å²) in [5.74, 6) is -0.477. The van der Waals surface area contributed by atoms with Gasteiger partial charge in [-0.25, -0.2) is 4.68 Å². The van der Waals surface area contributed by atoms with E-state index in [1.165, 1.54) is 7.11 Å². The predicted octanol–water partition coefficient (Wildman–Crippen LogP) is 6.01. The number of carbonyl (C=O) groups excluding carboxylic acids is 2. The molecule has 0 bridgehead atoms. The minimum absolute atomic E-state index is 0.0348. The molecule has 1 aliphatic rings. The fourth-order valence-corrected chi connectivity index (χ4v) is 4.71. The topological polar surface area (TPSA) is 97.5 Å². The molecule has 1 aromatic heterocycles. The first-order valence-electron chi connectivity index (χ1n) is 13.2. The molecule has 0 unspecified atom stereocenters. The molecule has 0 fully saturated rings. The fraction of sp³-hybridized carbons (Fsp3) is 0.152. The first kappa shape index (κ1) is 28.6. The number of imide groups is 1. The lowest BCUT2D eigenvalue weighted by Crippen LogP contribution is -2.44. The summed E-state index contributed by atoms with van der Waals surface area (Å²) < 4.78 is 12.9. The van der Waals surface area contributed by atoms with Crippen molar-refractivity contribution in [1.82, 2.24) is 14.7 Å². The first-order valence-corrected chi connectivity index (χ1v) is 13.6. The highest BCUT2D eigenvalue weighted by Gasteiger charge is 2.35. The molecule has 0 saturated carbocycles. The number of nitrogens with zero attached hydrogens (tertiary/aromatic N) is 4. The number of nitriles is 1. The van der Waals surface area contributed by atoms with Gasteiger partial charge in [0.2, 0.25) is 0 Å². The molecule has 8 nitrogen and oxygen atoms in total. The first-order chi connectivity index (χ1) is 20.4. The van der Waals surface area contributed by atoms with E-state index in [1.807, 2.05) is 91.1 Å². The van der Waals surface area contributed by atoms with E-state index in [-0.39, 0.29) is 24.3 Å². The number of para-hydroxylation sites is 1. The van der Waals surface area contributed by atoms with Crippen molar-refractivity contribution in [3.05, 3.63) is 118 Å². The number of benzene rings is 3. The van der Waals surface area contributed by atoms with E-state index < -0.39 is 11.8 Å². The van der Waals surface area contributed by atoms with E-state index >= 15 is 0 Å². The number of ether oxygens (including phenoxy) is 2.